The van der Waals surface area contributed by atoms with Crippen LogP contribution in [-0.2, 0) is 0 Å². The summed E-state index contributed by atoms with van der Waals surface area (Å²) in [6.07, 6.45) is 0. The summed E-state index contributed by atoms with van der Waals surface area (Å²) in [4.78, 5) is 27.2. The molecule has 4 aromatic rings. The normalized spacial score (nSPS) is 10.6. The average Bonchev–Trinajstić information content (AvgIpc) is 2.76. The number of nitrogens with one attached hydrogen (secondary N) is 2. The van der Waals surface area contributed by atoms with Crippen LogP contribution in [0, 0.1) is 5.82 Å². The molecule has 4 rings (SSSR count). The molecule has 30 heavy (non-hydrogen) atoms. The number of H-pyrrole nitrogens is 1. The third-order valence-electron chi connectivity index (χ3n) is 4.48. The van der Waals surface area contributed by atoms with Crippen molar-refractivity contribution < 1.29 is 18.7 Å². The lowest BCUT2D eigenvalue weighted by atomic mass is 10.1. The largest absolute Gasteiger partial charge is 0.493 e. The SMILES string of the molecule is COc1ccccc1Oc1ccc(NC(=O)c2cc3ccccc3c(=O)[nH]2)cc1F. The first kappa shape index (κ1) is 19.2. The Morgan fingerprint density at radius 3 is 2.43 bits per heavy atom. The fourth-order valence-electron chi connectivity index (χ4n) is 3.01. The van der Waals surface area contributed by atoms with Crippen LogP contribution in [0.3, 0.4) is 0 Å². The second-order valence-electron chi connectivity index (χ2n) is 6.45. The first-order valence-electron chi connectivity index (χ1n) is 9.09. The second kappa shape index (κ2) is 8.08. The molecule has 7 heteroatoms. The van der Waals surface area contributed by atoms with Gasteiger partial charge in [-0.25, -0.2) is 4.39 Å². The van der Waals surface area contributed by atoms with Gasteiger partial charge in [-0.3, -0.25) is 9.59 Å². The quantitative estimate of drug-likeness (QED) is 0.504. The number of carbonyl (C=O) groups excluding carboxylic acids is 1. The van der Waals surface area contributed by atoms with Crippen LogP contribution in [0.5, 0.6) is 17.2 Å². The van der Waals surface area contributed by atoms with Gasteiger partial charge in [0.1, 0.15) is 5.69 Å². The van der Waals surface area contributed by atoms with Gasteiger partial charge in [0.25, 0.3) is 11.5 Å². The maximum Gasteiger partial charge on any atom is 0.272 e. The Morgan fingerprint density at radius 1 is 0.933 bits per heavy atom. The Bertz CT molecular complexity index is 1300. The van der Waals surface area contributed by atoms with Crippen molar-refractivity contribution in [1.29, 1.82) is 0 Å². The fraction of sp³-hybridized carbons (Fsp3) is 0.0435. The molecule has 0 bridgehead atoms. The van der Waals surface area contributed by atoms with Crippen molar-refractivity contribution in [3.63, 3.8) is 0 Å². The number of aromatic nitrogens is 1. The number of anilines is 1. The van der Waals surface area contributed by atoms with E-state index in [1.807, 2.05) is 0 Å². The number of fused-ring (bicyclic) bond motifs is 1. The van der Waals surface area contributed by atoms with Gasteiger partial charge in [-0.1, -0.05) is 30.3 Å². The smallest absolute Gasteiger partial charge is 0.272 e. The molecule has 0 unspecified atom stereocenters. The highest BCUT2D eigenvalue weighted by molar-refractivity contribution is 6.04. The highest BCUT2D eigenvalue weighted by Gasteiger charge is 2.13. The lowest BCUT2D eigenvalue weighted by Crippen LogP contribution is -2.19. The molecular weight excluding hydrogens is 387 g/mol. The molecule has 2 N–H and O–H groups in total. The van der Waals surface area contributed by atoms with E-state index in [0.29, 0.717) is 22.3 Å². The van der Waals surface area contributed by atoms with E-state index in [0.717, 1.165) is 6.07 Å². The lowest BCUT2D eigenvalue weighted by molar-refractivity contribution is 0.102. The van der Waals surface area contributed by atoms with Crippen molar-refractivity contribution in [3.8, 4) is 17.2 Å². The van der Waals surface area contributed by atoms with E-state index in [9.17, 15) is 14.0 Å². The Kier molecular flexibility index (Phi) is 5.17. The van der Waals surface area contributed by atoms with Crippen LogP contribution in [0.4, 0.5) is 10.1 Å². The predicted octanol–water partition coefficient (Wildman–Crippen LogP) is 4.72. The van der Waals surface area contributed by atoms with E-state index in [1.165, 1.54) is 19.2 Å². The maximum absolute atomic E-state index is 14.5. The second-order valence-corrected chi connectivity index (χ2v) is 6.45. The number of pyridine rings is 1. The number of hydrogen-bond acceptors (Lipinski definition) is 4. The van der Waals surface area contributed by atoms with E-state index >= 15 is 0 Å². The number of methoxy groups -OCH3 is 1. The number of hydrogen-bond donors (Lipinski definition) is 2. The van der Waals surface area contributed by atoms with E-state index in [1.54, 1.807) is 54.6 Å². The molecule has 0 saturated carbocycles. The molecule has 0 saturated heterocycles. The Labute approximate surface area is 170 Å². The van der Waals surface area contributed by atoms with Crippen LogP contribution >= 0.6 is 0 Å². The van der Waals surface area contributed by atoms with Crippen LogP contribution in [-0.4, -0.2) is 18.0 Å². The Balaban J connectivity index is 1.55. The lowest BCUT2D eigenvalue weighted by Gasteiger charge is -2.12. The van der Waals surface area contributed by atoms with Gasteiger partial charge in [0, 0.05) is 17.1 Å². The van der Waals surface area contributed by atoms with Gasteiger partial charge in [-0.05, 0) is 41.8 Å². The van der Waals surface area contributed by atoms with Gasteiger partial charge in [0.2, 0.25) is 0 Å². The summed E-state index contributed by atoms with van der Waals surface area (Å²) in [5.41, 5.74) is -0.0719. The molecule has 0 aliphatic heterocycles. The van der Waals surface area contributed by atoms with Crippen LogP contribution in [0.1, 0.15) is 10.5 Å². The molecule has 6 nitrogen and oxygen atoms in total. The summed E-state index contributed by atoms with van der Waals surface area (Å²) in [6, 6.07) is 19.4. The van der Waals surface area contributed by atoms with E-state index in [-0.39, 0.29) is 22.7 Å². The Hall–Kier alpha value is -4.13. The van der Waals surface area contributed by atoms with Gasteiger partial charge in [-0.15, -0.1) is 0 Å². The summed E-state index contributed by atoms with van der Waals surface area (Å²) in [7, 11) is 1.49. The predicted molar refractivity (Wildman–Crippen MR) is 112 cm³/mol. The number of halogens is 1. The summed E-state index contributed by atoms with van der Waals surface area (Å²) < 4.78 is 25.3. The molecule has 3 aromatic carbocycles. The zero-order valence-corrected chi connectivity index (χ0v) is 15.9. The minimum atomic E-state index is -0.661. The molecule has 0 spiro atoms. The molecule has 150 valence electrons. The van der Waals surface area contributed by atoms with Gasteiger partial charge in [0.15, 0.2) is 23.1 Å². The van der Waals surface area contributed by atoms with Gasteiger partial charge < -0.3 is 19.8 Å². The molecule has 0 aliphatic carbocycles. The summed E-state index contributed by atoms with van der Waals surface area (Å²) in [5.74, 6) is -0.406. The highest BCUT2D eigenvalue weighted by atomic mass is 19.1. The van der Waals surface area contributed by atoms with Crippen molar-refractivity contribution in [2.24, 2.45) is 0 Å². The fourth-order valence-corrected chi connectivity index (χ4v) is 3.01. The standard InChI is InChI=1S/C23H17FN2O4/c1-29-20-8-4-5-9-21(20)30-19-11-10-15(13-17(19)24)25-23(28)18-12-14-6-2-3-7-16(14)22(27)26-18/h2-13H,1H3,(H,25,28)(H,26,27). The number of ether oxygens (including phenoxy) is 2. The monoisotopic (exact) mass is 404 g/mol. The van der Waals surface area contributed by atoms with Crippen molar-refractivity contribution in [3.05, 3.63) is 94.7 Å². The van der Waals surface area contributed by atoms with Crippen LogP contribution < -0.4 is 20.3 Å². The van der Waals surface area contributed by atoms with Crippen LogP contribution in [0.25, 0.3) is 10.8 Å². The van der Waals surface area contributed by atoms with E-state index in [2.05, 4.69) is 10.3 Å². The molecular formula is C23H17FN2O4. The number of aromatic amines is 1. The first-order chi connectivity index (χ1) is 14.5. The number of para-hydroxylation sites is 2. The minimum absolute atomic E-state index is 0.0170. The van der Waals surface area contributed by atoms with Gasteiger partial charge in [0.05, 0.1) is 7.11 Å². The number of rotatable bonds is 5. The maximum atomic E-state index is 14.5. The van der Waals surface area contributed by atoms with Gasteiger partial charge in [-0.2, -0.15) is 0 Å². The molecule has 0 atom stereocenters. The van der Waals surface area contributed by atoms with Crippen molar-refractivity contribution in [2.75, 3.05) is 12.4 Å². The van der Waals surface area contributed by atoms with Gasteiger partial charge >= 0.3 is 0 Å². The third kappa shape index (κ3) is 3.86. The zero-order chi connectivity index (χ0) is 21.1. The first-order valence-corrected chi connectivity index (χ1v) is 9.09. The topological polar surface area (TPSA) is 80.4 Å². The highest BCUT2D eigenvalue weighted by Crippen LogP contribution is 2.33. The summed E-state index contributed by atoms with van der Waals surface area (Å²) >= 11 is 0. The molecule has 1 aromatic heterocycles. The van der Waals surface area contributed by atoms with E-state index < -0.39 is 11.7 Å². The molecule has 0 fully saturated rings. The summed E-state index contributed by atoms with van der Waals surface area (Å²) in [5, 5.41) is 3.70. The number of benzene rings is 3. The van der Waals surface area contributed by atoms with Crippen LogP contribution in [0.2, 0.25) is 0 Å². The number of carbonyl (C=O) groups is 1. The molecule has 0 aliphatic rings. The Morgan fingerprint density at radius 2 is 1.67 bits per heavy atom. The minimum Gasteiger partial charge on any atom is -0.493 e. The average molecular weight is 404 g/mol. The number of amides is 1. The van der Waals surface area contributed by atoms with Crippen molar-refractivity contribution in [1.82, 2.24) is 4.98 Å². The van der Waals surface area contributed by atoms with Crippen LogP contribution in [0.15, 0.2) is 77.6 Å². The summed E-state index contributed by atoms with van der Waals surface area (Å²) in [6.45, 7) is 0. The molecule has 0 radical (unpaired) electrons. The van der Waals surface area contributed by atoms with E-state index in [4.69, 9.17) is 9.47 Å². The molecule has 1 heterocycles. The third-order valence-corrected chi connectivity index (χ3v) is 4.48. The molecule has 1 amide bonds. The van der Waals surface area contributed by atoms with Crippen molar-refractivity contribution >= 4 is 22.4 Å². The zero-order valence-electron chi connectivity index (χ0n) is 15.9. The van der Waals surface area contributed by atoms with Crippen molar-refractivity contribution in [2.45, 2.75) is 0 Å².